The Balaban J connectivity index is 1.67. The summed E-state index contributed by atoms with van der Waals surface area (Å²) < 4.78 is 0. The average molecular weight is 353 g/mol. The molecule has 4 aromatic rings. The van der Waals surface area contributed by atoms with Crippen LogP contribution in [0.3, 0.4) is 0 Å². The highest BCUT2D eigenvalue weighted by molar-refractivity contribution is 5.95. The summed E-state index contributed by atoms with van der Waals surface area (Å²) in [7, 11) is 0. The molecule has 2 aromatic heterocycles. The standard InChI is InChI=1S/C23H19N3O/c27-23(17-9-6-13-24-15-17)26-14-12-19-18-10-4-5-11-20(18)25-21(19)22(26)16-7-2-1-3-8-16/h1-11,13,15,22,25H,12,14H2/t22-/m0/s1. The van der Waals surface area contributed by atoms with Crippen molar-refractivity contribution in [3.63, 3.8) is 0 Å². The van der Waals surface area contributed by atoms with Crippen LogP contribution in [0.1, 0.15) is 33.2 Å². The van der Waals surface area contributed by atoms with Gasteiger partial charge in [0, 0.05) is 35.5 Å². The molecule has 0 spiro atoms. The van der Waals surface area contributed by atoms with E-state index in [1.807, 2.05) is 41.3 Å². The van der Waals surface area contributed by atoms with Crippen molar-refractivity contribution in [2.75, 3.05) is 6.54 Å². The maximum Gasteiger partial charge on any atom is 0.256 e. The van der Waals surface area contributed by atoms with Crippen LogP contribution in [0, 0.1) is 0 Å². The van der Waals surface area contributed by atoms with Gasteiger partial charge in [0.2, 0.25) is 0 Å². The third kappa shape index (κ3) is 2.61. The molecule has 0 fully saturated rings. The first-order valence-corrected chi connectivity index (χ1v) is 9.18. The molecular formula is C23H19N3O. The van der Waals surface area contributed by atoms with E-state index in [2.05, 4.69) is 40.3 Å². The predicted octanol–water partition coefficient (Wildman–Crippen LogP) is 4.35. The van der Waals surface area contributed by atoms with E-state index in [0.717, 1.165) is 23.2 Å². The lowest BCUT2D eigenvalue weighted by molar-refractivity contribution is 0.0691. The molecular weight excluding hydrogens is 334 g/mol. The normalized spacial score (nSPS) is 16.3. The highest BCUT2D eigenvalue weighted by Gasteiger charge is 2.34. The van der Waals surface area contributed by atoms with Gasteiger partial charge in [-0.15, -0.1) is 0 Å². The zero-order chi connectivity index (χ0) is 18.2. The van der Waals surface area contributed by atoms with Gasteiger partial charge in [0.05, 0.1) is 11.6 Å². The van der Waals surface area contributed by atoms with Gasteiger partial charge in [0.1, 0.15) is 0 Å². The molecule has 132 valence electrons. The van der Waals surface area contributed by atoms with E-state index < -0.39 is 0 Å². The van der Waals surface area contributed by atoms with Crippen molar-refractivity contribution in [3.05, 3.63) is 102 Å². The SMILES string of the molecule is O=C(c1cccnc1)N1CCc2c([nH]c3ccccc23)[C@@H]1c1ccccc1. The molecule has 1 aliphatic heterocycles. The van der Waals surface area contributed by atoms with Gasteiger partial charge in [-0.2, -0.15) is 0 Å². The van der Waals surface area contributed by atoms with E-state index in [9.17, 15) is 4.79 Å². The molecule has 1 N–H and O–H groups in total. The third-order valence-corrected chi connectivity index (χ3v) is 5.32. The number of benzene rings is 2. The Morgan fingerprint density at radius 1 is 1.00 bits per heavy atom. The lowest BCUT2D eigenvalue weighted by Gasteiger charge is -2.36. The molecule has 2 aromatic carbocycles. The van der Waals surface area contributed by atoms with E-state index in [1.165, 1.54) is 10.9 Å². The van der Waals surface area contributed by atoms with Crippen LogP contribution < -0.4 is 0 Å². The van der Waals surface area contributed by atoms with E-state index in [0.29, 0.717) is 12.1 Å². The number of pyridine rings is 1. The molecule has 0 bridgehead atoms. The molecule has 0 unspecified atom stereocenters. The molecule has 4 heteroatoms. The van der Waals surface area contributed by atoms with Crippen molar-refractivity contribution in [1.29, 1.82) is 0 Å². The highest BCUT2D eigenvalue weighted by Crippen LogP contribution is 2.38. The van der Waals surface area contributed by atoms with Crippen LogP contribution in [0.2, 0.25) is 0 Å². The average Bonchev–Trinajstić information content (AvgIpc) is 3.12. The molecule has 0 aliphatic carbocycles. The van der Waals surface area contributed by atoms with Gasteiger partial charge in [-0.05, 0) is 35.7 Å². The van der Waals surface area contributed by atoms with Gasteiger partial charge in [-0.3, -0.25) is 9.78 Å². The second-order valence-electron chi connectivity index (χ2n) is 6.87. The molecule has 5 rings (SSSR count). The van der Waals surface area contributed by atoms with Crippen LogP contribution in [0.25, 0.3) is 10.9 Å². The van der Waals surface area contributed by atoms with Crippen molar-refractivity contribution in [1.82, 2.24) is 14.9 Å². The number of aromatic amines is 1. The van der Waals surface area contributed by atoms with Crippen LogP contribution in [0.5, 0.6) is 0 Å². The van der Waals surface area contributed by atoms with Gasteiger partial charge in [-0.1, -0.05) is 48.5 Å². The Hall–Kier alpha value is -3.40. The van der Waals surface area contributed by atoms with Crippen LogP contribution in [-0.2, 0) is 6.42 Å². The second kappa shape index (κ2) is 6.40. The van der Waals surface area contributed by atoms with Gasteiger partial charge in [0.15, 0.2) is 0 Å². The fourth-order valence-electron chi connectivity index (χ4n) is 4.10. The first-order valence-electron chi connectivity index (χ1n) is 9.18. The monoisotopic (exact) mass is 353 g/mol. The fourth-order valence-corrected chi connectivity index (χ4v) is 4.10. The summed E-state index contributed by atoms with van der Waals surface area (Å²) >= 11 is 0. The third-order valence-electron chi connectivity index (χ3n) is 5.32. The van der Waals surface area contributed by atoms with Gasteiger partial charge >= 0.3 is 0 Å². The second-order valence-corrected chi connectivity index (χ2v) is 6.87. The van der Waals surface area contributed by atoms with Crippen molar-refractivity contribution >= 4 is 16.8 Å². The Morgan fingerprint density at radius 3 is 2.63 bits per heavy atom. The summed E-state index contributed by atoms with van der Waals surface area (Å²) in [5.41, 5.74) is 5.29. The largest absolute Gasteiger partial charge is 0.356 e. The van der Waals surface area contributed by atoms with Crippen molar-refractivity contribution in [2.45, 2.75) is 12.5 Å². The summed E-state index contributed by atoms with van der Waals surface area (Å²) in [6.07, 6.45) is 4.18. The number of carbonyl (C=O) groups excluding carboxylic acids is 1. The molecule has 1 amide bonds. The number of H-pyrrole nitrogens is 1. The summed E-state index contributed by atoms with van der Waals surface area (Å²) in [6, 6.07) is 22.1. The topological polar surface area (TPSA) is 49.0 Å². The van der Waals surface area contributed by atoms with Crippen molar-refractivity contribution in [2.24, 2.45) is 0 Å². The molecule has 27 heavy (non-hydrogen) atoms. The Labute approximate surface area is 157 Å². The number of hydrogen-bond donors (Lipinski definition) is 1. The number of rotatable bonds is 2. The number of hydrogen-bond acceptors (Lipinski definition) is 2. The molecule has 3 heterocycles. The van der Waals surface area contributed by atoms with Crippen molar-refractivity contribution < 1.29 is 4.79 Å². The molecule has 1 atom stereocenters. The Kier molecular flexibility index (Phi) is 3.75. The summed E-state index contributed by atoms with van der Waals surface area (Å²) in [4.78, 5) is 23.0. The lowest BCUT2D eigenvalue weighted by Crippen LogP contribution is -2.40. The maximum atomic E-state index is 13.3. The van der Waals surface area contributed by atoms with Crippen molar-refractivity contribution in [3.8, 4) is 0 Å². The van der Waals surface area contributed by atoms with Gasteiger partial charge in [0.25, 0.3) is 5.91 Å². The van der Waals surface area contributed by atoms with Crippen LogP contribution >= 0.6 is 0 Å². The summed E-state index contributed by atoms with van der Waals surface area (Å²) in [5.74, 6) is 0.0151. The predicted molar refractivity (Wildman–Crippen MR) is 106 cm³/mol. The van der Waals surface area contributed by atoms with Crippen LogP contribution in [0.15, 0.2) is 79.1 Å². The minimum absolute atomic E-state index is 0.0151. The Morgan fingerprint density at radius 2 is 1.81 bits per heavy atom. The smallest absolute Gasteiger partial charge is 0.256 e. The number of nitrogens with one attached hydrogen (secondary N) is 1. The van der Waals surface area contributed by atoms with E-state index >= 15 is 0 Å². The van der Waals surface area contributed by atoms with E-state index in [-0.39, 0.29) is 11.9 Å². The molecule has 0 radical (unpaired) electrons. The Bertz CT molecular complexity index is 1100. The van der Waals surface area contributed by atoms with Crippen LogP contribution in [-0.4, -0.2) is 27.3 Å². The zero-order valence-electron chi connectivity index (χ0n) is 14.8. The number of amides is 1. The van der Waals surface area contributed by atoms with Gasteiger partial charge < -0.3 is 9.88 Å². The fraction of sp³-hybridized carbons (Fsp3) is 0.130. The summed E-state index contributed by atoms with van der Waals surface area (Å²) in [5, 5.41) is 1.25. The highest BCUT2D eigenvalue weighted by atomic mass is 16.2. The number of fused-ring (bicyclic) bond motifs is 3. The number of nitrogens with zero attached hydrogens (tertiary/aromatic N) is 2. The molecule has 4 nitrogen and oxygen atoms in total. The minimum atomic E-state index is -0.130. The molecule has 1 aliphatic rings. The lowest BCUT2D eigenvalue weighted by atomic mass is 9.92. The number of para-hydroxylation sites is 1. The van der Waals surface area contributed by atoms with E-state index in [4.69, 9.17) is 0 Å². The minimum Gasteiger partial charge on any atom is -0.356 e. The number of aromatic nitrogens is 2. The first kappa shape index (κ1) is 15.8. The van der Waals surface area contributed by atoms with Crippen LogP contribution in [0.4, 0.5) is 0 Å². The number of carbonyl (C=O) groups is 1. The van der Waals surface area contributed by atoms with Gasteiger partial charge in [-0.25, -0.2) is 0 Å². The van der Waals surface area contributed by atoms with E-state index in [1.54, 1.807) is 12.4 Å². The first-order chi connectivity index (χ1) is 13.3. The maximum absolute atomic E-state index is 13.3. The quantitative estimate of drug-likeness (QED) is 0.582. The zero-order valence-corrected chi connectivity index (χ0v) is 14.8. The molecule has 0 saturated carbocycles. The molecule has 0 saturated heterocycles. The summed E-state index contributed by atoms with van der Waals surface area (Å²) in [6.45, 7) is 0.683.